The Bertz CT molecular complexity index is 395. The van der Waals surface area contributed by atoms with Gasteiger partial charge in [-0.2, -0.15) is 5.26 Å². The van der Waals surface area contributed by atoms with Crippen LogP contribution < -0.4 is 4.90 Å². The van der Waals surface area contributed by atoms with E-state index in [1.54, 1.807) is 7.11 Å². The number of anilines is 1. The lowest BCUT2D eigenvalue weighted by Crippen LogP contribution is -2.33. The molecule has 0 N–H and O–H groups in total. The smallest absolute Gasteiger partial charge is 0.101 e. The van der Waals surface area contributed by atoms with Crippen LogP contribution in [-0.2, 0) is 4.74 Å². The topological polar surface area (TPSA) is 36.3 Å². The van der Waals surface area contributed by atoms with E-state index in [2.05, 4.69) is 17.9 Å². The molecule has 0 heterocycles. The lowest BCUT2D eigenvalue weighted by Gasteiger charge is -2.27. The number of hydrogen-bond donors (Lipinski definition) is 0. The van der Waals surface area contributed by atoms with Gasteiger partial charge in [-0.3, -0.25) is 0 Å². The second-order valence-corrected chi connectivity index (χ2v) is 4.05. The highest BCUT2D eigenvalue weighted by molar-refractivity contribution is 5.60. The highest BCUT2D eigenvalue weighted by atomic mass is 16.5. The zero-order valence-electron chi connectivity index (χ0n) is 10.3. The van der Waals surface area contributed by atoms with E-state index in [0.29, 0.717) is 12.2 Å². The molecule has 0 saturated heterocycles. The van der Waals surface area contributed by atoms with Crippen LogP contribution in [0.5, 0.6) is 0 Å². The van der Waals surface area contributed by atoms with Gasteiger partial charge in [-0.05, 0) is 31.5 Å². The van der Waals surface area contributed by atoms with Crippen LogP contribution in [0.3, 0.4) is 0 Å². The summed E-state index contributed by atoms with van der Waals surface area (Å²) in [6.07, 6.45) is 0. The number of ether oxygens (including phenoxy) is 1. The van der Waals surface area contributed by atoms with Gasteiger partial charge < -0.3 is 9.64 Å². The number of likely N-dealkylation sites (N-methyl/N-ethyl adjacent to an activating group) is 1. The third-order valence-electron chi connectivity index (χ3n) is 2.72. The molecule has 0 spiro atoms. The van der Waals surface area contributed by atoms with E-state index < -0.39 is 0 Å². The molecule has 3 heteroatoms. The van der Waals surface area contributed by atoms with E-state index in [0.717, 1.165) is 11.3 Å². The van der Waals surface area contributed by atoms with Crippen LogP contribution in [-0.4, -0.2) is 26.8 Å². The SMILES string of the molecule is COCC(C)N(C)c1ccc(C)cc1C#N. The van der Waals surface area contributed by atoms with Gasteiger partial charge in [0.15, 0.2) is 0 Å². The first-order chi connectivity index (χ1) is 7.60. The van der Waals surface area contributed by atoms with Gasteiger partial charge in [-0.1, -0.05) is 6.07 Å². The molecule has 0 aliphatic carbocycles. The Hall–Kier alpha value is -1.53. The monoisotopic (exact) mass is 218 g/mol. The van der Waals surface area contributed by atoms with Gasteiger partial charge in [-0.15, -0.1) is 0 Å². The fraction of sp³-hybridized carbons (Fsp3) is 0.462. The Balaban J connectivity index is 2.99. The number of rotatable bonds is 4. The summed E-state index contributed by atoms with van der Waals surface area (Å²) >= 11 is 0. The molecule has 1 atom stereocenters. The molecule has 1 aromatic carbocycles. The lowest BCUT2D eigenvalue weighted by atomic mass is 10.1. The van der Waals surface area contributed by atoms with E-state index in [1.807, 2.05) is 32.2 Å². The summed E-state index contributed by atoms with van der Waals surface area (Å²) in [6.45, 7) is 4.71. The fourth-order valence-electron chi connectivity index (χ4n) is 1.64. The standard InChI is InChI=1S/C13H18N2O/c1-10-5-6-13(12(7-10)8-14)15(3)11(2)9-16-4/h5-7,11H,9H2,1-4H3. The molecule has 0 saturated carbocycles. The van der Waals surface area contributed by atoms with Crippen molar-refractivity contribution in [3.8, 4) is 6.07 Å². The van der Waals surface area contributed by atoms with Gasteiger partial charge in [0, 0.05) is 20.2 Å². The summed E-state index contributed by atoms with van der Waals surface area (Å²) in [5.74, 6) is 0. The van der Waals surface area contributed by atoms with Crippen molar-refractivity contribution in [2.45, 2.75) is 19.9 Å². The van der Waals surface area contributed by atoms with Crippen LogP contribution in [0.2, 0.25) is 0 Å². The molecule has 0 aromatic heterocycles. The van der Waals surface area contributed by atoms with Crippen LogP contribution in [0.15, 0.2) is 18.2 Å². The summed E-state index contributed by atoms with van der Waals surface area (Å²) in [7, 11) is 3.67. The first-order valence-corrected chi connectivity index (χ1v) is 5.32. The summed E-state index contributed by atoms with van der Waals surface area (Å²) in [5.41, 5.74) is 2.77. The summed E-state index contributed by atoms with van der Waals surface area (Å²) in [4.78, 5) is 2.07. The van der Waals surface area contributed by atoms with Gasteiger partial charge in [-0.25, -0.2) is 0 Å². The molecule has 16 heavy (non-hydrogen) atoms. The zero-order valence-corrected chi connectivity index (χ0v) is 10.3. The average molecular weight is 218 g/mol. The maximum atomic E-state index is 9.10. The van der Waals surface area contributed by atoms with Gasteiger partial charge in [0.05, 0.1) is 17.9 Å². The summed E-state index contributed by atoms with van der Waals surface area (Å²) in [6, 6.07) is 8.40. The largest absolute Gasteiger partial charge is 0.383 e. The first kappa shape index (κ1) is 12.5. The van der Waals surface area contributed by atoms with Gasteiger partial charge in [0.2, 0.25) is 0 Å². The number of hydrogen-bond acceptors (Lipinski definition) is 3. The van der Waals surface area contributed by atoms with Crippen LogP contribution >= 0.6 is 0 Å². The Labute approximate surface area is 97.3 Å². The second kappa shape index (κ2) is 5.53. The second-order valence-electron chi connectivity index (χ2n) is 4.05. The van der Waals surface area contributed by atoms with Gasteiger partial charge in [0.1, 0.15) is 6.07 Å². The maximum absolute atomic E-state index is 9.10. The molecule has 0 bridgehead atoms. The molecule has 86 valence electrons. The zero-order chi connectivity index (χ0) is 12.1. The van der Waals surface area contributed by atoms with E-state index in [9.17, 15) is 0 Å². The quantitative estimate of drug-likeness (QED) is 0.778. The number of aryl methyl sites for hydroxylation is 1. The molecule has 0 radical (unpaired) electrons. The van der Waals surface area contributed by atoms with E-state index in [1.165, 1.54) is 0 Å². The molecule has 0 aliphatic rings. The predicted octanol–water partition coefficient (Wildman–Crippen LogP) is 2.34. The minimum absolute atomic E-state index is 0.250. The lowest BCUT2D eigenvalue weighted by molar-refractivity contribution is 0.183. The highest BCUT2D eigenvalue weighted by Gasteiger charge is 2.13. The Kier molecular flexibility index (Phi) is 4.33. The highest BCUT2D eigenvalue weighted by Crippen LogP contribution is 2.21. The third-order valence-corrected chi connectivity index (χ3v) is 2.72. The molecule has 1 unspecified atom stereocenters. The minimum Gasteiger partial charge on any atom is -0.383 e. The maximum Gasteiger partial charge on any atom is 0.101 e. The molecular formula is C13H18N2O. The van der Waals surface area contributed by atoms with Crippen LogP contribution in [0, 0.1) is 18.3 Å². The Morgan fingerprint density at radius 1 is 1.50 bits per heavy atom. The molecule has 1 aromatic rings. The van der Waals surface area contributed by atoms with Crippen molar-refractivity contribution in [2.24, 2.45) is 0 Å². The van der Waals surface area contributed by atoms with E-state index >= 15 is 0 Å². The van der Waals surface area contributed by atoms with Crippen molar-refractivity contribution in [1.82, 2.24) is 0 Å². The first-order valence-electron chi connectivity index (χ1n) is 5.32. The van der Waals surface area contributed by atoms with Gasteiger partial charge in [0.25, 0.3) is 0 Å². The fourth-order valence-corrected chi connectivity index (χ4v) is 1.64. The number of nitrogens with zero attached hydrogens (tertiary/aromatic N) is 2. The van der Waals surface area contributed by atoms with Crippen molar-refractivity contribution >= 4 is 5.69 Å². The van der Waals surface area contributed by atoms with Crippen molar-refractivity contribution < 1.29 is 4.74 Å². The van der Waals surface area contributed by atoms with E-state index in [4.69, 9.17) is 10.00 Å². The molecular weight excluding hydrogens is 200 g/mol. The molecule has 3 nitrogen and oxygen atoms in total. The van der Waals surface area contributed by atoms with Crippen molar-refractivity contribution in [3.63, 3.8) is 0 Å². The van der Waals surface area contributed by atoms with Crippen LogP contribution in [0.4, 0.5) is 5.69 Å². The third kappa shape index (κ3) is 2.74. The number of nitriles is 1. The summed E-state index contributed by atoms with van der Waals surface area (Å²) < 4.78 is 5.12. The van der Waals surface area contributed by atoms with Crippen LogP contribution in [0.25, 0.3) is 0 Å². The van der Waals surface area contributed by atoms with Gasteiger partial charge >= 0.3 is 0 Å². The molecule has 0 fully saturated rings. The summed E-state index contributed by atoms with van der Waals surface area (Å²) in [5, 5.41) is 9.10. The normalized spacial score (nSPS) is 11.9. The van der Waals surface area contributed by atoms with Crippen molar-refractivity contribution in [1.29, 1.82) is 5.26 Å². The van der Waals surface area contributed by atoms with Crippen molar-refractivity contribution in [3.05, 3.63) is 29.3 Å². The predicted molar refractivity (Wildman–Crippen MR) is 65.6 cm³/mol. The van der Waals surface area contributed by atoms with E-state index in [-0.39, 0.29) is 6.04 Å². The Morgan fingerprint density at radius 2 is 2.19 bits per heavy atom. The number of benzene rings is 1. The average Bonchev–Trinajstić information content (AvgIpc) is 2.28. The Morgan fingerprint density at radius 3 is 2.75 bits per heavy atom. The molecule has 1 rings (SSSR count). The number of methoxy groups -OCH3 is 1. The van der Waals surface area contributed by atoms with Crippen LogP contribution in [0.1, 0.15) is 18.1 Å². The van der Waals surface area contributed by atoms with Crippen molar-refractivity contribution in [2.75, 3.05) is 25.7 Å². The minimum atomic E-state index is 0.250. The molecule has 0 aliphatic heterocycles. The molecule has 0 amide bonds.